The lowest BCUT2D eigenvalue weighted by Gasteiger charge is -2.03. The first-order chi connectivity index (χ1) is 6.81. The predicted molar refractivity (Wildman–Crippen MR) is 64.3 cm³/mol. The second-order valence-corrected chi connectivity index (χ2v) is 3.91. The Balaban J connectivity index is 2.59. The number of aryl methyl sites for hydroxylation is 1. The smallest absolute Gasteiger partial charge is 0.132 e. The summed E-state index contributed by atoms with van der Waals surface area (Å²) in [4.78, 5) is 4.33. The predicted octanol–water partition coefficient (Wildman–Crippen LogP) is 3.36. The van der Waals surface area contributed by atoms with Crippen LogP contribution in [0.4, 0.5) is 0 Å². The van der Waals surface area contributed by atoms with Crippen LogP contribution in [0.2, 0.25) is 5.15 Å². The van der Waals surface area contributed by atoms with E-state index < -0.39 is 0 Å². The Labute approximate surface area is 93.5 Å². The number of para-hydroxylation sites is 1. The number of aromatic nitrogens is 1. The summed E-state index contributed by atoms with van der Waals surface area (Å²) in [5, 5.41) is 1.73. The molecule has 0 fully saturated rings. The van der Waals surface area contributed by atoms with E-state index in [1.807, 2.05) is 24.3 Å². The fourth-order valence-electron chi connectivity index (χ4n) is 1.43. The highest BCUT2D eigenvalue weighted by atomic mass is 35.5. The number of pyridine rings is 1. The molecule has 1 aromatic heterocycles. The number of nitrogens with zero attached hydrogens (tertiary/aromatic N) is 1. The molecule has 72 valence electrons. The van der Waals surface area contributed by atoms with Crippen molar-refractivity contribution in [3.05, 3.63) is 41.0 Å². The Hall–Kier alpha value is -0.730. The molecule has 0 spiro atoms. The van der Waals surface area contributed by atoms with Crippen LogP contribution in [-0.2, 0) is 6.42 Å². The third kappa shape index (κ3) is 1.86. The topological polar surface area (TPSA) is 12.9 Å². The maximum Gasteiger partial charge on any atom is 0.132 e. The molecule has 1 aromatic carbocycles. The summed E-state index contributed by atoms with van der Waals surface area (Å²) < 4.78 is 0. The Kier molecular flexibility index (Phi) is 2.94. The minimum Gasteiger partial charge on any atom is -0.236 e. The standard InChI is InChI=1S/C11H10ClNS/c12-11-9(5-6-14)7-8-3-1-2-4-10(8)13-11/h1-4,7,14H,5-6H2. The van der Waals surface area contributed by atoms with E-state index in [1.165, 1.54) is 0 Å². The van der Waals surface area contributed by atoms with Gasteiger partial charge in [-0.15, -0.1) is 0 Å². The molecule has 0 atom stereocenters. The maximum absolute atomic E-state index is 6.04. The highest BCUT2D eigenvalue weighted by Crippen LogP contribution is 2.20. The molecule has 3 heteroatoms. The summed E-state index contributed by atoms with van der Waals surface area (Å²) in [6.45, 7) is 0. The van der Waals surface area contributed by atoms with E-state index >= 15 is 0 Å². The van der Waals surface area contributed by atoms with Gasteiger partial charge in [0.05, 0.1) is 5.52 Å². The molecule has 0 aliphatic carbocycles. The van der Waals surface area contributed by atoms with E-state index in [4.69, 9.17) is 11.6 Å². The normalized spacial score (nSPS) is 10.7. The first-order valence-corrected chi connectivity index (χ1v) is 5.47. The average molecular weight is 224 g/mol. The monoisotopic (exact) mass is 223 g/mol. The van der Waals surface area contributed by atoms with Gasteiger partial charge in [-0.3, -0.25) is 0 Å². The molecule has 0 unspecified atom stereocenters. The molecule has 14 heavy (non-hydrogen) atoms. The number of hydrogen-bond donors (Lipinski definition) is 1. The maximum atomic E-state index is 6.04. The molecule has 2 rings (SSSR count). The molecule has 0 aliphatic heterocycles. The van der Waals surface area contributed by atoms with Crippen molar-refractivity contribution in [3.8, 4) is 0 Å². The zero-order chi connectivity index (χ0) is 9.97. The number of hydrogen-bond acceptors (Lipinski definition) is 2. The Bertz CT molecular complexity index is 456. The lowest BCUT2D eigenvalue weighted by Crippen LogP contribution is -1.91. The van der Waals surface area contributed by atoms with Crippen molar-refractivity contribution in [2.45, 2.75) is 6.42 Å². The van der Waals surface area contributed by atoms with E-state index in [9.17, 15) is 0 Å². The molecule has 0 radical (unpaired) electrons. The van der Waals surface area contributed by atoms with Gasteiger partial charge in [0.15, 0.2) is 0 Å². The molecular weight excluding hydrogens is 214 g/mol. The van der Waals surface area contributed by atoms with Crippen molar-refractivity contribution in [2.75, 3.05) is 5.75 Å². The third-order valence-corrected chi connectivity index (χ3v) is 2.68. The molecule has 0 saturated carbocycles. The molecule has 0 aliphatic rings. The van der Waals surface area contributed by atoms with Crippen LogP contribution in [0.3, 0.4) is 0 Å². The van der Waals surface area contributed by atoms with Crippen molar-refractivity contribution in [3.63, 3.8) is 0 Å². The summed E-state index contributed by atoms with van der Waals surface area (Å²) >= 11 is 10.2. The van der Waals surface area contributed by atoms with Gasteiger partial charge in [-0.2, -0.15) is 12.6 Å². The SMILES string of the molecule is SCCc1cc2ccccc2nc1Cl. The summed E-state index contributed by atoms with van der Waals surface area (Å²) in [5.41, 5.74) is 2.01. The third-order valence-electron chi connectivity index (χ3n) is 2.13. The average Bonchev–Trinajstić information content (AvgIpc) is 2.19. The summed E-state index contributed by atoms with van der Waals surface area (Å²) in [6.07, 6.45) is 0.861. The molecule has 0 amide bonds. The first-order valence-electron chi connectivity index (χ1n) is 4.46. The van der Waals surface area contributed by atoms with Crippen LogP contribution in [0.5, 0.6) is 0 Å². The van der Waals surface area contributed by atoms with Gasteiger partial charge in [0.1, 0.15) is 5.15 Å². The Morgan fingerprint density at radius 1 is 1.29 bits per heavy atom. The molecule has 1 nitrogen and oxygen atoms in total. The van der Waals surface area contributed by atoms with Crippen LogP contribution in [0.1, 0.15) is 5.56 Å². The molecule has 1 heterocycles. The van der Waals surface area contributed by atoms with E-state index in [2.05, 4.69) is 23.7 Å². The van der Waals surface area contributed by atoms with Crippen molar-refractivity contribution in [2.24, 2.45) is 0 Å². The molecule has 2 aromatic rings. The van der Waals surface area contributed by atoms with Gasteiger partial charge in [0, 0.05) is 5.39 Å². The van der Waals surface area contributed by atoms with Crippen LogP contribution >= 0.6 is 24.2 Å². The van der Waals surface area contributed by atoms with Crippen molar-refractivity contribution < 1.29 is 0 Å². The first kappa shape index (κ1) is 9.81. The van der Waals surface area contributed by atoms with Crippen LogP contribution < -0.4 is 0 Å². The zero-order valence-corrected chi connectivity index (χ0v) is 9.22. The highest BCUT2D eigenvalue weighted by molar-refractivity contribution is 7.80. The van der Waals surface area contributed by atoms with Crippen LogP contribution in [-0.4, -0.2) is 10.7 Å². The van der Waals surface area contributed by atoms with Gasteiger partial charge in [0.2, 0.25) is 0 Å². The van der Waals surface area contributed by atoms with Crippen LogP contribution in [0.15, 0.2) is 30.3 Å². The number of fused-ring (bicyclic) bond motifs is 1. The number of thiol groups is 1. The summed E-state index contributed by atoms with van der Waals surface area (Å²) in [6, 6.07) is 10.1. The Morgan fingerprint density at radius 3 is 2.86 bits per heavy atom. The number of halogens is 1. The second kappa shape index (κ2) is 4.20. The van der Waals surface area contributed by atoms with Gasteiger partial charge in [0.25, 0.3) is 0 Å². The van der Waals surface area contributed by atoms with Crippen LogP contribution in [0.25, 0.3) is 10.9 Å². The highest BCUT2D eigenvalue weighted by Gasteiger charge is 2.03. The minimum atomic E-state index is 0.595. The molecule has 0 bridgehead atoms. The van der Waals surface area contributed by atoms with Crippen molar-refractivity contribution >= 4 is 35.1 Å². The molecule has 0 N–H and O–H groups in total. The Morgan fingerprint density at radius 2 is 2.07 bits per heavy atom. The molecular formula is C11H10ClNS. The summed E-state index contributed by atoms with van der Waals surface area (Å²) in [5.74, 6) is 0.791. The van der Waals surface area contributed by atoms with Gasteiger partial charge < -0.3 is 0 Å². The van der Waals surface area contributed by atoms with E-state index in [1.54, 1.807) is 0 Å². The lowest BCUT2D eigenvalue weighted by molar-refractivity contribution is 1.14. The lowest BCUT2D eigenvalue weighted by atomic mass is 10.1. The van der Waals surface area contributed by atoms with Crippen molar-refractivity contribution in [1.82, 2.24) is 4.98 Å². The van der Waals surface area contributed by atoms with Gasteiger partial charge in [-0.1, -0.05) is 29.8 Å². The fraction of sp³-hybridized carbons (Fsp3) is 0.182. The van der Waals surface area contributed by atoms with Gasteiger partial charge in [-0.25, -0.2) is 4.98 Å². The number of rotatable bonds is 2. The summed E-state index contributed by atoms with van der Waals surface area (Å²) in [7, 11) is 0. The zero-order valence-electron chi connectivity index (χ0n) is 7.57. The van der Waals surface area contributed by atoms with E-state index in [0.717, 1.165) is 28.6 Å². The van der Waals surface area contributed by atoms with Crippen LogP contribution in [0, 0.1) is 0 Å². The molecule has 0 saturated heterocycles. The second-order valence-electron chi connectivity index (χ2n) is 3.10. The van der Waals surface area contributed by atoms with Gasteiger partial charge in [-0.05, 0) is 29.9 Å². The van der Waals surface area contributed by atoms with Gasteiger partial charge >= 0.3 is 0 Å². The number of benzene rings is 1. The van der Waals surface area contributed by atoms with Crippen molar-refractivity contribution in [1.29, 1.82) is 0 Å². The van der Waals surface area contributed by atoms with E-state index in [-0.39, 0.29) is 0 Å². The quantitative estimate of drug-likeness (QED) is 0.609. The minimum absolute atomic E-state index is 0.595. The largest absolute Gasteiger partial charge is 0.236 e. The fourth-order valence-corrected chi connectivity index (χ4v) is 1.91. The van der Waals surface area contributed by atoms with E-state index in [0.29, 0.717) is 5.15 Å².